The highest BCUT2D eigenvalue weighted by molar-refractivity contribution is 5.16. The first-order chi connectivity index (χ1) is 9.29. The highest BCUT2D eigenvalue weighted by Gasteiger charge is 2.21. The molecular formula is C16H26N2O. The van der Waals surface area contributed by atoms with Crippen LogP contribution in [0.4, 0.5) is 0 Å². The van der Waals surface area contributed by atoms with Crippen molar-refractivity contribution in [3.8, 4) is 0 Å². The SMILES string of the molecule is CCCNC1CCC(OCc2ncccc2C)CC1. The maximum Gasteiger partial charge on any atom is 0.0894 e. The summed E-state index contributed by atoms with van der Waals surface area (Å²) in [7, 11) is 0. The van der Waals surface area contributed by atoms with E-state index in [4.69, 9.17) is 4.74 Å². The van der Waals surface area contributed by atoms with E-state index in [1.807, 2.05) is 12.3 Å². The van der Waals surface area contributed by atoms with Crippen LogP contribution in [-0.2, 0) is 11.3 Å². The van der Waals surface area contributed by atoms with Gasteiger partial charge in [-0.3, -0.25) is 4.98 Å². The van der Waals surface area contributed by atoms with Crippen molar-refractivity contribution in [3.63, 3.8) is 0 Å². The summed E-state index contributed by atoms with van der Waals surface area (Å²) in [5.41, 5.74) is 2.30. The van der Waals surface area contributed by atoms with Crippen LogP contribution in [0.25, 0.3) is 0 Å². The topological polar surface area (TPSA) is 34.1 Å². The Hall–Kier alpha value is -0.930. The molecule has 1 aromatic rings. The lowest BCUT2D eigenvalue weighted by atomic mass is 9.93. The van der Waals surface area contributed by atoms with Crippen LogP contribution in [0.1, 0.15) is 50.3 Å². The second kappa shape index (κ2) is 7.61. The van der Waals surface area contributed by atoms with Crippen LogP contribution in [0.2, 0.25) is 0 Å². The molecule has 2 rings (SSSR count). The molecule has 0 amide bonds. The van der Waals surface area contributed by atoms with E-state index >= 15 is 0 Å². The van der Waals surface area contributed by atoms with Crippen molar-refractivity contribution in [2.75, 3.05) is 6.54 Å². The van der Waals surface area contributed by atoms with Gasteiger partial charge in [-0.15, -0.1) is 0 Å². The lowest BCUT2D eigenvalue weighted by Crippen LogP contribution is -2.35. The predicted molar refractivity (Wildman–Crippen MR) is 78.1 cm³/mol. The molecule has 1 aromatic heterocycles. The molecule has 1 aliphatic carbocycles. The first kappa shape index (κ1) is 14.5. The Balaban J connectivity index is 1.70. The van der Waals surface area contributed by atoms with E-state index < -0.39 is 0 Å². The lowest BCUT2D eigenvalue weighted by Gasteiger charge is -2.29. The third-order valence-electron chi connectivity index (χ3n) is 3.93. The minimum Gasteiger partial charge on any atom is -0.372 e. The first-order valence-corrected chi connectivity index (χ1v) is 7.55. The summed E-state index contributed by atoms with van der Waals surface area (Å²) in [6.07, 6.45) is 8.31. The van der Waals surface area contributed by atoms with Crippen LogP contribution in [0.3, 0.4) is 0 Å². The van der Waals surface area contributed by atoms with Crippen molar-refractivity contribution < 1.29 is 4.74 Å². The van der Waals surface area contributed by atoms with Gasteiger partial charge in [0.25, 0.3) is 0 Å². The number of rotatable bonds is 6. The van der Waals surface area contributed by atoms with Crippen LogP contribution in [0.5, 0.6) is 0 Å². The van der Waals surface area contributed by atoms with Crippen molar-refractivity contribution in [2.45, 2.75) is 64.7 Å². The fraction of sp³-hybridized carbons (Fsp3) is 0.688. The summed E-state index contributed by atoms with van der Waals surface area (Å²) in [5.74, 6) is 0. The molecule has 19 heavy (non-hydrogen) atoms. The molecule has 3 nitrogen and oxygen atoms in total. The summed E-state index contributed by atoms with van der Waals surface area (Å²) in [6, 6.07) is 4.78. The third-order valence-corrected chi connectivity index (χ3v) is 3.93. The number of hydrogen-bond donors (Lipinski definition) is 1. The van der Waals surface area contributed by atoms with E-state index in [0.29, 0.717) is 18.8 Å². The van der Waals surface area contributed by atoms with Gasteiger partial charge in [0.15, 0.2) is 0 Å². The number of hydrogen-bond acceptors (Lipinski definition) is 3. The number of pyridine rings is 1. The van der Waals surface area contributed by atoms with E-state index in [-0.39, 0.29) is 0 Å². The molecule has 1 fully saturated rings. The van der Waals surface area contributed by atoms with E-state index in [1.165, 1.54) is 37.7 Å². The van der Waals surface area contributed by atoms with Crippen molar-refractivity contribution in [1.82, 2.24) is 10.3 Å². The Morgan fingerprint density at radius 3 is 2.79 bits per heavy atom. The molecule has 1 N–H and O–H groups in total. The van der Waals surface area contributed by atoms with E-state index in [2.05, 4.69) is 30.2 Å². The molecule has 0 unspecified atom stereocenters. The van der Waals surface area contributed by atoms with E-state index in [1.54, 1.807) is 0 Å². The molecule has 0 radical (unpaired) electrons. The standard InChI is InChI=1S/C16H26N2O/c1-3-10-17-14-6-8-15(9-7-14)19-12-16-13(2)5-4-11-18-16/h4-5,11,14-15,17H,3,6-10,12H2,1-2H3. The summed E-state index contributed by atoms with van der Waals surface area (Å²) in [6.45, 7) is 6.11. The van der Waals surface area contributed by atoms with E-state index in [9.17, 15) is 0 Å². The minimum absolute atomic E-state index is 0.418. The minimum atomic E-state index is 0.418. The van der Waals surface area contributed by atoms with Crippen molar-refractivity contribution in [1.29, 1.82) is 0 Å². The molecule has 1 saturated carbocycles. The Morgan fingerprint density at radius 2 is 2.11 bits per heavy atom. The Kier molecular flexibility index (Phi) is 5.80. The predicted octanol–water partition coefficient (Wildman–Crippen LogP) is 3.22. The van der Waals surface area contributed by atoms with Crippen LogP contribution in [0.15, 0.2) is 18.3 Å². The Morgan fingerprint density at radius 1 is 1.32 bits per heavy atom. The molecule has 0 saturated heterocycles. The average molecular weight is 262 g/mol. The van der Waals surface area contributed by atoms with Gasteiger partial charge < -0.3 is 10.1 Å². The van der Waals surface area contributed by atoms with Crippen molar-refractivity contribution >= 4 is 0 Å². The fourth-order valence-corrected chi connectivity index (χ4v) is 2.65. The van der Waals surface area contributed by atoms with Gasteiger partial charge in [0.1, 0.15) is 0 Å². The zero-order valence-electron chi connectivity index (χ0n) is 12.2. The normalized spacial score (nSPS) is 23.5. The number of ether oxygens (including phenoxy) is 1. The van der Waals surface area contributed by atoms with Gasteiger partial charge in [0, 0.05) is 12.2 Å². The molecule has 0 aromatic carbocycles. The summed E-state index contributed by atoms with van der Waals surface area (Å²) in [5, 5.41) is 3.61. The third kappa shape index (κ3) is 4.59. The van der Waals surface area contributed by atoms with Crippen LogP contribution >= 0.6 is 0 Å². The molecule has 1 heterocycles. The van der Waals surface area contributed by atoms with Gasteiger partial charge in [0.05, 0.1) is 18.4 Å². The summed E-state index contributed by atoms with van der Waals surface area (Å²) in [4.78, 5) is 4.38. The second-order valence-electron chi connectivity index (χ2n) is 5.51. The van der Waals surface area contributed by atoms with Gasteiger partial charge in [-0.05, 0) is 57.2 Å². The Labute approximate surface area is 116 Å². The van der Waals surface area contributed by atoms with Gasteiger partial charge in [0.2, 0.25) is 0 Å². The van der Waals surface area contributed by atoms with Crippen molar-refractivity contribution in [2.24, 2.45) is 0 Å². The number of aryl methyl sites for hydroxylation is 1. The molecular weight excluding hydrogens is 236 g/mol. The quantitative estimate of drug-likeness (QED) is 0.854. The van der Waals surface area contributed by atoms with Crippen molar-refractivity contribution in [3.05, 3.63) is 29.6 Å². The summed E-state index contributed by atoms with van der Waals surface area (Å²) >= 11 is 0. The molecule has 0 atom stereocenters. The highest BCUT2D eigenvalue weighted by Crippen LogP contribution is 2.22. The zero-order chi connectivity index (χ0) is 13.5. The molecule has 0 bridgehead atoms. The lowest BCUT2D eigenvalue weighted by molar-refractivity contribution is 0.00961. The van der Waals surface area contributed by atoms with E-state index in [0.717, 1.165) is 12.2 Å². The van der Waals surface area contributed by atoms with Crippen LogP contribution in [-0.4, -0.2) is 23.7 Å². The number of nitrogens with zero attached hydrogens (tertiary/aromatic N) is 1. The van der Waals surface area contributed by atoms with Gasteiger partial charge >= 0.3 is 0 Å². The van der Waals surface area contributed by atoms with Gasteiger partial charge in [-0.1, -0.05) is 13.0 Å². The molecule has 3 heteroatoms. The molecule has 106 valence electrons. The fourth-order valence-electron chi connectivity index (χ4n) is 2.65. The largest absolute Gasteiger partial charge is 0.372 e. The van der Waals surface area contributed by atoms with Crippen LogP contribution < -0.4 is 5.32 Å². The molecule has 1 aliphatic rings. The number of aromatic nitrogens is 1. The first-order valence-electron chi connectivity index (χ1n) is 7.55. The molecule has 0 spiro atoms. The maximum atomic E-state index is 6.01. The monoisotopic (exact) mass is 262 g/mol. The maximum absolute atomic E-state index is 6.01. The number of nitrogens with one attached hydrogen (secondary N) is 1. The smallest absolute Gasteiger partial charge is 0.0894 e. The zero-order valence-corrected chi connectivity index (χ0v) is 12.2. The molecule has 0 aliphatic heterocycles. The van der Waals surface area contributed by atoms with Gasteiger partial charge in [-0.2, -0.15) is 0 Å². The summed E-state index contributed by atoms with van der Waals surface area (Å²) < 4.78 is 6.01. The van der Waals surface area contributed by atoms with Crippen LogP contribution in [0, 0.1) is 6.92 Å². The van der Waals surface area contributed by atoms with Gasteiger partial charge in [-0.25, -0.2) is 0 Å². The Bertz CT molecular complexity index is 373. The highest BCUT2D eigenvalue weighted by atomic mass is 16.5. The average Bonchev–Trinajstić information content (AvgIpc) is 2.45. The second-order valence-corrected chi connectivity index (χ2v) is 5.51.